The van der Waals surface area contributed by atoms with Gasteiger partial charge in [0, 0.05) is 39.1 Å². The number of carbonyl (C=O) groups is 1. The van der Waals surface area contributed by atoms with E-state index in [9.17, 15) is 4.79 Å². The van der Waals surface area contributed by atoms with Gasteiger partial charge in [0.25, 0.3) is 0 Å². The zero-order valence-electron chi connectivity index (χ0n) is 9.28. The highest BCUT2D eigenvalue weighted by molar-refractivity contribution is 5.77. The highest BCUT2D eigenvalue weighted by atomic mass is 16.5. The fraction of sp³-hybridized carbons (Fsp3) is 0.909. The third-order valence-corrected chi connectivity index (χ3v) is 3.18. The largest absolute Gasteiger partial charge is 0.379 e. The number of amides is 1. The first-order chi connectivity index (χ1) is 7.36. The number of hydrogen-bond donors (Lipinski definition) is 0. The van der Waals surface area contributed by atoms with Crippen LogP contribution in [0.2, 0.25) is 0 Å². The normalized spacial score (nSPS) is 23.7. The molecule has 0 aromatic rings. The van der Waals surface area contributed by atoms with E-state index in [-0.39, 0.29) is 0 Å². The van der Waals surface area contributed by atoms with Crippen LogP contribution in [0.5, 0.6) is 0 Å². The summed E-state index contributed by atoms with van der Waals surface area (Å²) < 4.78 is 5.29. The van der Waals surface area contributed by atoms with E-state index < -0.39 is 0 Å². The third-order valence-electron chi connectivity index (χ3n) is 3.18. The Kier molecular flexibility index (Phi) is 3.97. The summed E-state index contributed by atoms with van der Waals surface area (Å²) in [6.07, 6.45) is 2.92. The second-order valence-electron chi connectivity index (χ2n) is 4.29. The molecular weight excluding hydrogens is 192 g/mol. The minimum Gasteiger partial charge on any atom is -0.379 e. The van der Waals surface area contributed by atoms with Crippen molar-refractivity contribution in [3.8, 4) is 0 Å². The fourth-order valence-electron chi connectivity index (χ4n) is 2.25. The summed E-state index contributed by atoms with van der Waals surface area (Å²) in [4.78, 5) is 15.8. The Labute approximate surface area is 91.2 Å². The number of hydrogen-bond acceptors (Lipinski definition) is 3. The second kappa shape index (κ2) is 5.47. The summed E-state index contributed by atoms with van der Waals surface area (Å²) in [6.45, 7) is 6.85. The van der Waals surface area contributed by atoms with Gasteiger partial charge in [-0.1, -0.05) is 0 Å². The maximum atomic E-state index is 11.3. The summed E-state index contributed by atoms with van der Waals surface area (Å²) >= 11 is 0. The second-order valence-corrected chi connectivity index (χ2v) is 4.29. The van der Waals surface area contributed by atoms with Crippen LogP contribution in [0, 0.1) is 0 Å². The number of ether oxygens (including phenoxy) is 1. The molecule has 0 aromatic heterocycles. The van der Waals surface area contributed by atoms with Gasteiger partial charge in [-0.05, 0) is 12.8 Å². The van der Waals surface area contributed by atoms with Gasteiger partial charge in [0.05, 0.1) is 13.2 Å². The summed E-state index contributed by atoms with van der Waals surface area (Å²) in [5.74, 6) is 0.344. The van der Waals surface area contributed by atoms with E-state index in [4.69, 9.17) is 4.74 Å². The lowest BCUT2D eigenvalue weighted by atomic mass is 10.3. The van der Waals surface area contributed by atoms with Crippen molar-refractivity contribution in [1.82, 2.24) is 9.80 Å². The van der Waals surface area contributed by atoms with E-state index in [0.717, 1.165) is 65.2 Å². The minimum atomic E-state index is 0.344. The summed E-state index contributed by atoms with van der Waals surface area (Å²) in [6, 6.07) is 0. The van der Waals surface area contributed by atoms with Gasteiger partial charge in [0.15, 0.2) is 0 Å². The highest BCUT2D eigenvalue weighted by Gasteiger charge is 2.19. The predicted octanol–water partition coefficient (Wildman–Crippen LogP) is 0.331. The molecule has 0 aliphatic carbocycles. The van der Waals surface area contributed by atoms with Crippen molar-refractivity contribution in [2.24, 2.45) is 0 Å². The molecule has 2 fully saturated rings. The van der Waals surface area contributed by atoms with Crippen molar-refractivity contribution in [3.63, 3.8) is 0 Å². The Morgan fingerprint density at radius 1 is 1.13 bits per heavy atom. The summed E-state index contributed by atoms with van der Waals surface area (Å²) in [5, 5.41) is 0. The monoisotopic (exact) mass is 212 g/mol. The van der Waals surface area contributed by atoms with Crippen molar-refractivity contribution >= 4 is 5.91 Å². The van der Waals surface area contributed by atoms with Gasteiger partial charge in [-0.25, -0.2) is 0 Å². The fourth-order valence-corrected chi connectivity index (χ4v) is 2.25. The van der Waals surface area contributed by atoms with Gasteiger partial charge in [0.2, 0.25) is 5.91 Å². The molecule has 1 amide bonds. The smallest absolute Gasteiger partial charge is 0.222 e. The number of rotatable bonds is 4. The molecule has 4 heteroatoms. The first kappa shape index (κ1) is 10.9. The Hall–Kier alpha value is -0.610. The first-order valence-corrected chi connectivity index (χ1v) is 5.94. The van der Waals surface area contributed by atoms with E-state index in [0.29, 0.717) is 5.91 Å². The van der Waals surface area contributed by atoms with Crippen LogP contribution in [-0.2, 0) is 9.53 Å². The van der Waals surface area contributed by atoms with Crippen LogP contribution in [0.3, 0.4) is 0 Å². The molecule has 2 aliphatic heterocycles. The van der Waals surface area contributed by atoms with Crippen LogP contribution in [0.1, 0.15) is 19.3 Å². The van der Waals surface area contributed by atoms with Gasteiger partial charge in [-0.3, -0.25) is 9.69 Å². The van der Waals surface area contributed by atoms with E-state index in [1.807, 2.05) is 4.90 Å². The Balaban J connectivity index is 1.59. The number of likely N-dealkylation sites (tertiary alicyclic amines) is 1. The van der Waals surface area contributed by atoms with Crippen molar-refractivity contribution in [2.75, 3.05) is 45.9 Å². The maximum Gasteiger partial charge on any atom is 0.222 e. The molecule has 4 nitrogen and oxygen atoms in total. The van der Waals surface area contributed by atoms with E-state index in [1.165, 1.54) is 0 Å². The molecule has 0 saturated carbocycles. The van der Waals surface area contributed by atoms with E-state index >= 15 is 0 Å². The third kappa shape index (κ3) is 3.18. The average molecular weight is 212 g/mol. The van der Waals surface area contributed by atoms with Gasteiger partial charge in [0.1, 0.15) is 0 Å². The Morgan fingerprint density at radius 3 is 2.60 bits per heavy atom. The number of carbonyl (C=O) groups excluding carboxylic acids is 1. The summed E-state index contributed by atoms with van der Waals surface area (Å²) in [5.41, 5.74) is 0. The Morgan fingerprint density at radius 2 is 1.93 bits per heavy atom. The van der Waals surface area contributed by atoms with Crippen molar-refractivity contribution in [1.29, 1.82) is 0 Å². The van der Waals surface area contributed by atoms with Gasteiger partial charge < -0.3 is 9.64 Å². The zero-order valence-corrected chi connectivity index (χ0v) is 9.28. The molecular formula is C11H20N2O2. The average Bonchev–Trinajstić information content (AvgIpc) is 2.66. The molecule has 0 atom stereocenters. The van der Waals surface area contributed by atoms with Gasteiger partial charge in [-0.15, -0.1) is 0 Å². The molecule has 0 bridgehead atoms. The topological polar surface area (TPSA) is 32.8 Å². The van der Waals surface area contributed by atoms with E-state index in [1.54, 1.807) is 0 Å². The lowest BCUT2D eigenvalue weighted by molar-refractivity contribution is -0.127. The van der Waals surface area contributed by atoms with Crippen LogP contribution in [0.15, 0.2) is 0 Å². The van der Waals surface area contributed by atoms with Crippen molar-refractivity contribution < 1.29 is 9.53 Å². The number of nitrogens with zero attached hydrogens (tertiary/aromatic N) is 2. The van der Waals surface area contributed by atoms with Gasteiger partial charge in [-0.2, -0.15) is 0 Å². The first-order valence-electron chi connectivity index (χ1n) is 5.94. The van der Waals surface area contributed by atoms with Crippen LogP contribution < -0.4 is 0 Å². The van der Waals surface area contributed by atoms with Crippen LogP contribution in [-0.4, -0.2) is 61.6 Å². The number of morpholine rings is 1. The van der Waals surface area contributed by atoms with E-state index in [2.05, 4.69) is 4.90 Å². The van der Waals surface area contributed by atoms with Crippen molar-refractivity contribution in [3.05, 3.63) is 0 Å². The SMILES string of the molecule is O=C1CCCN1CCCN1CCOCC1. The summed E-state index contributed by atoms with van der Waals surface area (Å²) in [7, 11) is 0. The molecule has 0 N–H and O–H groups in total. The molecule has 2 heterocycles. The van der Waals surface area contributed by atoms with Crippen LogP contribution >= 0.6 is 0 Å². The van der Waals surface area contributed by atoms with Gasteiger partial charge >= 0.3 is 0 Å². The molecule has 86 valence electrons. The molecule has 2 rings (SSSR count). The quantitative estimate of drug-likeness (QED) is 0.673. The molecule has 0 spiro atoms. The molecule has 2 aliphatic rings. The zero-order chi connectivity index (χ0) is 10.5. The lowest BCUT2D eigenvalue weighted by Crippen LogP contribution is -2.38. The standard InChI is InChI=1S/C11H20N2O2/c14-11-3-1-5-13(11)6-2-4-12-7-9-15-10-8-12/h1-10H2. The lowest BCUT2D eigenvalue weighted by Gasteiger charge is -2.27. The van der Waals surface area contributed by atoms with Crippen molar-refractivity contribution in [2.45, 2.75) is 19.3 Å². The molecule has 0 unspecified atom stereocenters. The minimum absolute atomic E-state index is 0.344. The maximum absolute atomic E-state index is 11.3. The predicted molar refractivity (Wildman–Crippen MR) is 57.7 cm³/mol. The van der Waals surface area contributed by atoms with Crippen LogP contribution in [0.4, 0.5) is 0 Å². The molecule has 0 radical (unpaired) electrons. The highest BCUT2D eigenvalue weighted by Crippen LogP contribution is 2.10. The molecule has 0 aromatic carbocycles. The molecule has 15 heavy (non-hydrogen) atoms. The van der Waals surface area contributed by atoms with Crippen LogP contribution in [0.25, 0.3) is 0 Å². The Bertz CT molecular complexity index is 215. The molecule has 2 saturated heterocycles.